The van der Waals surface area contributed by atoms with Gasteiger partial charge in [-0.05, 0) is 34.6 Å². The molecule has 0 unspecified atom stereocenters. The van der Waals surface area contributed by atoms with Gasteiger partial charge in [0, 0.05) is 11.4 Å². The zero-order valence-corrected chi connectivity index (χ0v) is 14.8. The van der Waals surface area contributed by atoms with Gasteiger partial charge in [0.15, 0.2) is 5.78 Å². The van der Waals surface area contributed by atoms with E-state index in [1.165, 1.54) is 18.5 Å². The minimum Gasteiger partial charge on any atom is -0.462 e. The van der Waals surface area contributed by atoms with E-state index in [1.54, 1.807) is 20.8 Å². The van der Waals surface area contributed by atoms with Crippen molar-refractivity contribution < 1.29 is 19.2 Å². The molecular formula is C16H20N4O5. The Morgan fingerprint density at radius 2 is 1.80 bits per heavy atom. The first kappa shape index (κ1) is 18.4. The largest absolute Gasteiger partial charge is 0.462 e. The first-order valence-electron chi connectivity index (χ1n) is 7.76. The molecule has 0 atom stereocenters. The molecule has 2 heterocycles. The van der Waals surface area contributed by atoms with Crippen molar-refractivity contribution in [3.63, 3.8) is 0 Å². The molecule has 0 saturated heterocycles. The molecule has 0 aliphatic heterocycles. The van der Waals surface area contributed by atoms with Crippen LogP contribution in [0.2, 0.25) is 0 Å². The molecule has 9 nitrogen and oxygen atoms in total. The molecule has 9 heteroatoms. The third-order valence-electron chi connectivity index (χ3n) is 3.95. The summed E-state index contributed by atoms with van der Waals surface area (Å²) in [6, 6.07) is 0. The van der Waals surface area contributed by atoms with E-state index in [-0.39, 0.29) is 41.4 Å². The summed E-state index contributed by atoms with van der Waals surface area (Å²) < 4.78 is 6.30. The molecule has 2 aromatic heterocycles. The lowest BCUT2D eigenvalue weighted by molar-refractivity contribution is -0.386. The molecule has 0 spiro atoms. The summed E-state index contributed by atoms with van der Waals surface area (Å²) >= 11 is 0. The molecule has 2 aromatic rings. The van der Waals surface area contributed by atoms with Crippen LogP contribution in [0.15, 0.2) is 0 Å². The van der Waals surface area contributed by atoms with E-state index in [2.05, 4.69) is 10.1 Å². The van der Waals surface area contributed by atoms with Crippen LogP contribution >= 0.6 is 0 Å². The third-order valence-corrected chi connectivity index (χ3v) is 3.95. The number of H-pyrrole nitrogens is 1. The lowest BCUT2D eigenvalue weighted by Crippen LogP contribution is -2.17. The number of carbonyl (C=O) groups is 2. The van der Waals surface area contributed by atoms with E-state index in [1.807, 2.05) is 0 Å². The van der Waals surface area contributed by atoms with Crippen LogP contribution in [0.3, 0.4) is 0 Å². The van der Waals surface area contributed by atoms with Gasteiger partial charge in [-0.3, -0.25) is 19.6 Å². The lowest BCUT2D eigenvalue weighted by Gasteiger charge is -2.07. The fraction of sp³-hybridized carbons (Fsp3) is 0.438. The maximum absolute atomic E-state index is 12.8. The number of aryl methyl sites for hydroxylation is 3. The highest BCUT2D eigenvalue weighted by Gasteiger charge is 2.28. The Morgan fingerprint density at radius 3 is 2.32 bits per heavy atom. The van der Waals surface area contributed by atoms with Gasteiger partial charge >= 0.3 is 11.7 Å². The van der Waals surface area contributed by atoms with Gasteiger partial charge < -0.3 is 9.72 Å². The number of ether oxygens (including phenoxy) is 1. The quantitative estimate of drug-likeness (QED) is 0.370. The zero-order valence-electron chi connectivity index (χ0n) is 14.8. The Kier molecular flexibility index (Phi) is 5.05. The normalized spacial score (nSPS) is 10.8. The number of ketones is 1. The van der Waals surface area contributed by atoms with Gasteiger partial charge in [0.1, 0.15) is 17.9 Å². The van der Waals surface area contributed by atoms with Crippen LogP contribution in [-0.4, -0.2) is 38.0 Å². The molecule has 0 fully saturated rings. The number of esters is 1. The van der Waals surface area contributed by atoms with Crippen LogP contribution in [0.1, 0.15) is 50.4 Å². The molecule has 25 heavy (non-hydrogen) atoms. The van der Waals surface area contributed by atoms with E-state index < -0.39 is 10.9 Å². The van der Waals surface area contributed by atoms with Crippen molar-refractivity contribution >= 4 is 17.4 Å². The number of nitro groups is 1. The molecule has 2 rings (SSSR count). The fourth-order valence-corrected chi connectivity index (χ4v) is 2.91. The summed E-state index contributed by atoms with van der Waals surface area (Å²) in [6.07, 6.45) is 0. The van der Waals surface area contributed by atoms with Gasteiger partial charge in [-0.2, -0.15) is 5.10 Å². The molecule has 134 valence electrons. The number of carbonyl (C=O) groups excluding carboxylic acids is 2. The number of aromatic nitrogens is 3. The minimum atomic E-state index is -0.577. The summed E-state index contributed by atoms with van der Waals surface area (Å²) in [5.41, 5.74) is 1.92. The van der Waals surface area contributed by atoms with Crippen molar-refractivity contribution in [2.75, 3.05) is 6.61 Å². The van der Waals surface area contributed by atoms with Crippen molar-refractivity contribution in [3.05, 3.63) is 44.0 Å². The summed E-state index contributed by atoms with van der Waals surface area (Å²) in [5.74, 6) is -0.947. The van der Waals surface area contributed by atoms with Gasteiger partial charge in [0.2, 0.25) is 0 Å². The van der Waals surface area contributed by atoms with E-state index in [9.17, 15) is 19.7 Å². The Balaban J connectivity index is 2.42. The van der Waals surface area contributed by atoms with E-state index >= 15 is 0 Å². The maximum atomic E-state index is 12.8. The van der Waals surface area contributed by atoms with Crippen LogP contribution in [0, 0.1) is 37.8 Å². The van der Waals surface area contributed by atoms with E-state index in [4.69, 9.17) is 4.74 Å². The fourth-order valence-electron chi connectivity index (χ4n) is 2.91. The average molecular weight is 348 g/mol. The Bertz CT molecular complexity index is 862. The molecule has 0 aromatic carbocycles. The SMILES string of the molecule is CCOC(=O)c1c(C)[nH]c(C)c1C(=O)Cn1nc(C)c([N+](=O)[O-])c1C. The molecular weight excluding hydrogens is 328 g/mol. The van der Waals surface area contributed by atoms with Crippen molar-refractivity contribution in [1.29, 1.82) is 0 Å². The van der Waals surface area contributed by atoms with Crippen LogP contribution in [0.4, 0.5) is 5.69 Å². The number of hydrogen-bond donors (Lipinski definition) is 1. The molecule has 0 radical (unpaired) electrons. The van der Waals surface area contributed by atoms with Crippen molar-refractivity contribution in [3.8, 4) is 0 Å². The van der Waals surface area contributed by atoms with E-state index in [0.29, 0.717) is 17.1 Å². The van der Waals surface area contributed by atoms with Crippen molar-refractivity contribution in [2.24, 2.45) is 0 Å². The Labute approximate surface area is 144 Å². The molecule has 0 aliphatic rings. The van der Waals surface area contributed by atoms with Gasteiger partial charge in [-0.15, -0.1) is 0 Å². The summed E-state index contributed by atoms with van der Waals surface area (Å²) in [6.45, 7) is 8.10. The molecule has 0 amide bonds. The number of rotatable bonds is 6. The van der Waals surface area contributed by atoms with Crippen molar-refractivity contribution in [1.82, 2.24) is 14.8 Å². The summed E-state index contributed by atoms with van der Waals surface area (Å²) in [4.78, 5) is 38.5. The second kappa shape index (κ2) is 6.88. The number of nitrogens with one attached hydrogen (secondary N) is 1. The first-order chi connectivity index (χ1) is 11.7. The molecule has 0 bridgehead atoms. The van der Waals surface area contributed by atoms with Crippen LogP contribution in [0.5, 0.6) is 0 Å². The van der Waals surface area contributed by atoms with Crippen LogP contribution in [0.25, 0.3) is 0 Å². The monoisotopic (exact) mass is 348 g/mol. The van der Waals surface area contributed by atoms with E-state index in [0.717, 1.165) is 0 Å². The molecule has 0 saturated carbocycles. The molecule has 1 N–H and O–H groups in total. The van der Waals surface area contributed by atoms with Crippen LogP contribution in [-0.2, 0) is 11.3 Å². The van der Waals surface area contributed by atoms with Gasteiger partial charge in [0.25, 0.3) is 0 Å². The highest BCUT2D eigenvalue weighted by Crippen LogP contribution is 2.24. The van der Waals surface area contributed by atoms with Crippen molar-refractivity contribution in [2.45, 2.75) is 41.2 Å². The predicted molar refractivity (Wildman–Crippen MR) is 88.9 cm³/mol. The smallest absolute Gasteiger partial charge is 0.340 e. The Hall–Kier alpha value is -2.97. The first-order valence-corrected chi connectivity index (χ1v) is 7.76. The lowest BCUT2D eigenvalue weighted by atomic mass is 10.0. The standard InChI is InChI=1S/C16H20N4O5/c1-6-25-16(22)14-9(3)17-8(2)13(14)12(21)7-19-11(5)15(20(23)24)10(4)18-19/h17H,6-7H2,1-5H3. The maximum Gasteiger partial charge on any atom is 0.340 e. The van der Waals surface area contributed by atoms with Gasteiger partial charge in [-0.1, -0.05) is 0 Å². The highest BCUT2D eigenvalue weighted by atomic mass is 16.6. The number of aromatic amines is 1. The minimum absolute atomic E-state index is 0.111. The number of Topliss-reactive ketones (excluding diaryl/α,β-unsaturated/α-hetero) is 1. The second-order valence-electron chi connectivity index (χ2n) is 5.70. The van der Waals surface area contributed by atoms with Gasteiger partial charge in [-0.25, -0.2) is 4.79 Å². The zero-order chi connectivity index (χ0) is 18.9. The number of hydrogen-bond acceptors (Lipinski definition) is 6. The Morgan fingerprint density at radius 1 is 1.20 bits per heavy atom. The topological polar surface area (TPSA) is 120 Å². The summed E-state index contributed by atoms with van der Waals surface area (Å²) in [7, 11) is 0. The number of nitrogens with zero attached hydrogens (tertiary/aromatic N) is 3. The molecule has 0 aliphatic carbocycles. The summed E-state index contributed by atoms with van der Waals surface area (Å²) in [5, 5.41) is 15.2. The highest BCUT2D eigenvalue weighted by molar-refractivity contribution is 6.08. The third kappa shape index (κ3) is 3.30. The predicted octanol–water partition coefficient (Wildman–Crippen LogP) is 2.41. The average Bonchev–Trinajstić information content (AvgIpc) is 2.95. The van der Waals surface area contributed by atoms with Gasteiger partial charge in [0.05, 0.1) is 22.7 Å². The van der Waals surface area contributed by atoms with Crippen LogP contribution < -0.4 is 0 Å². The second-order valence-corrected chi connectivity index (χ2v) is 5.70.